The Morgan fingerprint density at radius 1 is 1.60 bits per heavy atom. The minimum atomic E-state index is 0. The molecule has 0 aliphatic heterocycles. The van der Waals surface area contributed by atoms with Gasteiger partial charge in [0.2, 0.25) is 0 Å². The Labute approximate surface area is 51.2 Å². The van der Waals surface area contributed by atoms with Gasteiger partial charge in [-0.2, -0.15) is 0 Å². The zero-order chi connectivity index (χ0) is 2.71. The van der Waals surface area contributed by atoms with Crippen molar-refractivity contribution in [3.05, 3.63) is 10.4 Å². The second kappa shape index (κ2) is 28.3. The van der Waals surface area contributed by atoms with Crippen LogP contribution in [0.3, 0.4) is 0 Å². The average molecular weight is 83.0 g/mol. The molecule has 0 aliphatic carbocycles. The third-order valence-corrected chi connectivity index (χ3v) is 0. The number of nitrogens with zero attached hydrogens (tertiary/aromatic N) is 2. The third kappa shape index (κ3) is 302. The first-order valence-corrected chi connectivity index (χ1v) is 0.424. The molecule has 0 spiro atoms. The molecule has 5 heavy (non-hydrogen) atoms. The summed E-state index contributed by atoms with van der Waals surface area (Å²) in [6.45, 7) is 0. The van der Waals surface area contributed by atoms with Gasteiger partial charge in [-0.15, -0.1) is 5.53 Å². The van der Waals surface area contributed by atoms with Gasteiger partial charge in [0.25, 0.3) is 0 Å². The van der Waals surface area contributed by atoms with Gasteiger partial charge < -0.3 is 5.48 Å². The summed E-state index contributed by atoms with van der Waals surface area (Å²) < 4.78 is 0. The van der Waals surface area contributed by atoms with E-state index in [2.05, 4.69) is 0 Å². The van der Waals surface area contributed by atoms with E-state index in [0.717, 1.165) is 0 Å². The summed E-state index contributed by atoms with van der Waals surface area (Å²) in [6, 6.07) is 0. The van der Waals surface area contributed by atoms with E-state index >= 15 is 0 Å². The third-order valence-electron chi connectivity index (χ3n) is 0. The Morgan fingerprint density at radius 2 is 1.60 bits per heavy atom. The zero-order valence-electron chi connectivity index (χ0n) is 2.84. The fourth-order valence-corrected chi connectivity index (χ4v) is 0. The van der Waals surface area contributed by atoms with Gasteiger partial charge in [0, 0.05) is 0 Å². The molecule has 0 aliphatic rings. The molecule has 0 rings (SSSR count). The molecule has 0 radical (unpaired) electrons. The second-order valence-electron chi connectivity index (χ2n) is 0.100. The molecule has 5 heteroatoms. The quantitative estimate of drug-likeness (QED) is 0.152. The first-order valence-electron chi connectivity index (χ1n) is 0.424. The molecule has 2 N–H and O–H groups in total. The van der Waals surface area contributed by atoms with Gasteiger partial charge in [-0.25, -0.2) is 0 Å². The van der Waals surface area contributed by atoms with Gasteiger partial charge >= 0.3 is 29.6 Å². The molecule has 24 valence electrons. The minimum Gasteiger partial charge on any atom is -0.870 e. The van der Waals surface area contributed by atoms with E-state index in [1.165, 1.54) is 0 Å². The van der Waals surface area contributed by atoms with Crippen molar-refractivity contribution in [1.29, 1.82) is 5.53 Å². The molecule has 0 atom stereocenters. The van der Waals surface area contributed by atoms with Gasteiger partial charge in [0.05, 0.1) is 0 Å². The first kappa shape index (κ1) is 18.6. The summed E-state index contributed by atoms with van der Waals surface area (Å²) in [7, 11) is 0. The Kier molecular flexibility index (Phi) is 106. The molecule has 0 aromatic heterocycles. The van der Waals surface area contributed by atoms with Crippen molar-refractivity contribution in [2.45, 2.75) is 0 Å². The maximum absolute atomic E-state index is 6.86. The van der Waals surface area contributed by atoms with Crippen molar-refractivity contribution in [3.8, 4) is 0 Å². The number of nitrogens with one attached hydrogen (secondary N) is 1. The van der Waals surface area contributed by atoms with Crippen LogP contribution in [-0.2, 0) is 0 Å². The van der Waals surface area contributed by atoms with Crippen molar-refractivity contribution < 1.29 is 35.0 Å². The van der Waals surface area contributed by atoms with Crippen molar-refractivity contribution in [2.24, 2.45) is 0 Å². The molecular weight excluding hydrogens is 81.0 g/mol. The van der Waals surface area contributed by atoms with Crippen LogP contribution in [0.5, 0.6) is 0 Å². The summed E-state index contributed by atoms with van der Waals surface area (Å²) >= 11 is 0. The van der Waals surface area contributed by atoms with Crippen LogP contribution in [0.2, 0.25) is 0 Å². The van der Waals surface area contributed by atoms with E-state index < -0.39 is 0 Å². The maximum Gasteiger partial charge on any atom is 1.00 e. The standard InChI is InChI=1S/HN3.Na.H2O/c1-3-2;;/h1H;;1H2/q;+1;/p-1. The first-order chi connectivity index (χ1) is 1.41. The average Bonchev–Trinajstić information content (AvgIpc) is 0.918. The van der Waals surface area contributed by atoms with Crippen molar-refractivity contribution in [2.75, 3.05) is 0 Å². The molecular formula is H2N3NaO. The van der Waals surface area contributed by atoms with Gasteiger partial charge in [-0.1, -0.05) is 0 Å². The van der Waals surface area contributed by atoms with Gasteiger partial charge in [0.1, 0.15) is 0 Å². The molecule has 0 aromatic carbocycles. The molecule has 0 heterocycles. The van der Waals surface area contributed by atoms with Crippen LogP contribution in [0.1, 0.15) is 0 Å². The zero-order valence-corrected chi connectivity index (χ0v) is 4.84. The van der Waals surface area contributed by atoms with Crippen LogP contribution in [-0.4, -0.2) is 5.48 Å². The van der Waals surface area contributed by atoms with E-state index in [4.69, 9.17) is 11.1 Å². The minimum absolute atomic E-state index is 0. The van der Waals surface area contributed by atoms with E-state index in [0.29, 0.717) is 0 Å². The van der Waals surface area contributed by atoms with Crippen LogP contribution in [0.15, 0.2) is 0 Å². The van der Waals surface area contributed by atoms with Crippen LogP contribution >= 0.6 is 0 Å². The van der Waals surface area contributed by atoms with Crippen molar-refractivity contribution in [1.82, 2.24) is 0 Å². The summed E-state index contributed by atoms with van der Waals surface area (Å²) in [6.07, 6.45) is 0. The van der Waals surface area contributed by atoms with E-state index in [1.54, 1.807) is 4.91 Å². The SMILES string of the molecule is [N-]=[N+]=N.[Na+].[OH-]. The summed E-state index contributed by atoms with van der Waals surface area (Å²) in [5.74, 6) is 0. The Morgan fingerprint density at radius 3 is 1.60 bits per heavy atom. The summed E-state index contributed by atoms with van der Waals surface area (Å²) in [5, 5.41) is 0. The van der Waals surface area contributed by atoms with Gasteiger partial charge in [-0.3, -0.25) is 0 Å². The molecule has 0 amide bonds. The molecule has 0 fully saturated rings. The second-order valence-corrected chi connectivity index (χ2v) is 0.100. The van der Waals surface area contributed by atoms with E-state index in [-0.39, 0.29) is 35.0 Å². The largest absolute Gasteiger partial charge is 1.00 e. The van der Waals surface area contributed by atoms with Crippen LogP contribution in [0, 0.1) is 5.53 Å². The summed E-state index contributed by atoms with van der Waals surface area (Å²) in [4.78, 5) is 1.75. The van der Waals surface area contributed by atoms with Gasteiger partial charge in [-0.05, 0) is 10.4 Å². The van der Waals surface area contributed by atoms with Crippen LogP contribution < -0.4 is 29.6 Å². The molecule has 0 saturated carbocycles. The molecule has 4 nitrogen and oxygen atoms in total. The van der Waals surface area contributed by atoms with Gasteiger partial charge in [0.15, 0.2) is 0 Å². The predicted molar refractivity (Wildman–Crippen MR) is 11.4 cm³/mol. The topological polar surface area (TPSA) is 90.2 Å². The number of hydrogen-bond donors (Lipinski definition) is 1. The molecule has 0 unspecified atom stereocenters. The normalized spacial score (nSPS) is 1.60. The van der Waals surface area contributed by atoms with E-state index in [1.807, 2.05) is 0 Å². The number of hydrogen-bond acceptors (Lipinski definition) is 2. The molecule has 0 saturated heterocycles. The monoisotopic (exact) mass is 83.0 g/mol. The maximum atomic E-state index is 6.86. The Balaban J connectivity index is -0.0000000200. The van der Waals surface area contributed by atoms with Crippen molar-refractivity contribution in [3.63, 3.8) is 0 Å². The fourth-order valence-electron chi connectivity index (χ4n) is 0. The Hall–Kier alpha value is 0.270. The molecule has 0 aromatic rings. The predicted octanol–water partition coefficient (Wildman–Crippen LogP) is -2.30. The van der Waals surface area contributed by atoms with Crippen LogP contribution in [0.4, 0.5) is 0 Å². The molecule has 0 bridgehead atoms. The fraction of sp³-hybridized carbons (Fsp3) is 0. The smallest absolute Gasteiger partial charge is 0.870 e. The van der Waals surface area contributed by atoms with Crippen LogP contribution in [0.25, 0.3) is 10.4 Å². The van der Waals surface area contributed by atoms with Crippen molar-refractivity contribution >= 4 is 0 Å². The van der Waals surface area contributed by atoms with E-state index in [9.17, 15) is 0 Å². The number of rotatable bonds is 0. The Bertz CT molecular complexity index is 27.9. The summed E-state index contributed by atoms with van der Waals surface area (Å²) in [5.41, 5.74) is 12.2.